The summed E-state index contributed by atoms with van der Waals surface area (Å²) in [5, 5.41) is 0. The summed E-state index contributed by atoms with van der Waals surface area (Å²) in [6.45, 7) is 4.20. The van der Waals surface area contributed by atoms with Crippen LogP contribution in [0.5, 0.6) is 0 Å². The summed E-state index contributed by atoms with van der Waals surface area (Å²) in [5.41, 5.74) is 2.76. The maximum absolute atomic E-state index is 15.1. The Labute approximate surface area is 207 Å². The molecule has 3 aromatic rings. The Morgan fingerprint density at radius 3 is 2.17 bits per heavy atom. The van der Waals surface area contributed by atoms with E-state index in [4.69, 9.17) is 0 Å². The summed E-state index contributed by atoms with van der Waals surface area (Å²) in [6, 6.07) is 18.0. The van der Waals surface area contributed by atoms with Gasteiger partial charge in [0.2, 0.25) is 0 Å². The lowest BCUT2D eigenvalue weighted by atomic mass is 9.75. The van der Waals surface area contributed by atoms with Gasteiger partial charge in [-0.2, -0.15) is 0 Å². The summed E-state index contributed by atoms with van der Waals surface area (Å²) in [6.07, 6.45) is 10.4. The van der Waals surface area contributed by atoms with Crippen molar-refractivity contribution >= 4 is 0 Å². The largest absolute Gasteiger partial charge is 0.207 e. The first-order valence-corrected chi connectivity index (χ1v) is 12.9. The number of hydrogen-bond acceptors (Lipinski definition) is 0. The topological polar surface area (TPSA) is 0 Å². The highest BCUT2D eigenvalue weighted by Gasteiger charge is 2.26. The fourth-order valence-electron chi connectivity index (χ4n) is 5.56. The summed E-state index contributed by atoms with van der Waals surface area (Å²) in [4.78, 5) is 0. The lowest BCUT2D eigenvalue weighted by molar-refractivity contribution is 0.296. The van der Waals surface area contributed by atoms with Gasteiger partial charge in [0.15, 0.2) is 0 Å². The SMILES string of the molecule is CC=CCCc1ccc(-c2c(F)cc(C3CCC(C[C@@H](C)c4ccccc4)CC3)cc2F)cc1F. The Kier molecular flexibility index (Phi) is 8.49. The molecular formula is C32H35F3. The van der Waals surface area contributed by atoms with E-state index in [1.807, 2.05) is 25.1 Å². The average Bonchev–Trinajstić information content (AvgIpc) is 2.86. The maximum atomic E-state index is 15.1. The van der Waals surface area contributed by atoms with Crippen LogP contribution in [0, 0.1) is 23.4 Å². The third-order valence-corrected chi connectivity index (χ3v) is 7.60. The van der Waals surface area contributed by atoms with Crippen molar-refractivity contribution in [3.05, 3.63) is 107 Å². The predicted molar refractivity (Wildman–Crippen MR) is 139 cm³/mol. The molecule has 1 atom stereocenters. The highest BCUT2D eigenvalue weighted by Crippen LogP contribution is 2.41. The van der Waals surface area contributed by atoms with Gasteiger partial charge in [-0.3, -0.25) is 0 Å². The summed E-state index contributed by atoms with van der Waals surface area (Å²) < 4.78 is 44.8. The molecule has 0 unspecified atom stereocenters. The van der Waals surface area contributed by atoms with Gasteiger partial charge in [-0.1, -0.05) is 61.5 Å². The van der Waals surface area contributed by atoms with E-state index in [0.717, 1.165) is 44.1 Å². The van der Waals surface area contributed by atoms with E-state index in [1.54, 1.807) is 12.1 Å². The quantitative estimate of drug-likeness (QED) is 0.284. The fourth-order valence-corrected chi connectivity index (χ4v) is 5.56. The van der Waals surface area contributed by atoms with Gasteiger partial charge in [0, 0.05) is 0 Å². The fraction of sp³-hybridized carbons (Fsp3) is 0.375. The van der Waals surface area contributed by atoms with Crippen LogP contribution in [0.3, 0.4) is 0 Å². The first-order valence-electron chi connectivity index (χ1n) is 12.9. The summed E-state index contributed by atoms with van der Waals surface area (Å²) in [5.74, 6) is -0.312. The van der Waals surface area contributed by atoms with Gasteiger partial charge >= 0.3 is 0 Å². The number of aryl methyl sites for hydroxylation is 1. The minimum Gasteiger partial charge on any atom is -0.207 e. The second-order valence-electron chi connectivity index (χ2n) is 10.0. The van der Waals surface area contributed by atoms with Crippen molar-refractivity contribution in [3.8, 4) is 11.1 Å². The van der Waals surface area contributed by atoms with E-state index >= 15 is 8.78 Å². The van der Waals surface area contributed by atoms with Crippen molar-refractivity contribution in [1.82, 2.24) is 0 Å². The second kappa shape index (κ2) is 11.7. The van der Waals surface area contributed by atoms with Crippen LogP contribution in [0.1, 0.15) is 80.9 Å². The Morgan fingerprint density at radius 1 is 0.857 bits per heavy atom. The molecule has 3 aromatic carbocycles. The van der Waals surface area contributed by atoms with E-state index in [2.05, 4.69) is 31.2 Å². The number of allylic oxidation sites excluding steroid dienone is 2. The van der Waals surface area contributed by atoms with Crippen LogP contribution in [0.2, 0.25) is 0 Å². The number of halogens is 3. The molecule has 0 nitrogen and oxygen atoms in total. The number of benzene rings is 3. The molecule has 3 heteroatoms. The highest BCUT2D eigenvalue weighted by molar-refractivity contribution is 5.66. The maximum Gasteiger partial charge on any atom is 0.134 e. The molecule has 1 aliphatic rings. The van der Waals surface area contributed by atoms with Gasteiger partial charge in [-0.15, -0.1) is 0 Å². The van der Waals surface area contributed by atoms with Crippen LogP contribution >= 0.6 is 0 Å². The number of rotatable bonds is 8. The van der Waals surface area contributed by atoms with Crippen LogP contribution in [0.15, 0.2) is 72.8 Å². The van der Waals surface area contributed by atoms with Crippen molar-refractivity contribution in [2.24, 2.45) is 5.92 Å². The zero-order valence-corrected chi connectivity index (χ0v) is 20.7. The Bertz CT molecular complexity index is 1120. The molecule has 0 spiro atoms. The molecule has 1 fully saturated rings. The molecule has 4 rings (SSSR count). The highest BCUT2D eigenvalue weighted by atomic mass is 19.1. The Hall–Kier alpha value is -2.81. The van der Waals surface area contributed by atoms with Crippen molar-refractivity contribution in [3.63, 3.8) is 0 Å². The van der Waals surface area contributed by atoms with Gasteiger partial charge in [0.05, 0.1) is 5.56 Å². The van der Waals surface area contributed by atoms with Crippen LogP contribution in [-0.4, -0.2) is 0 Å². The van der Waals surface area contributed by atoms with Gasteiger partial charge in [-0.25, -0.2) is 13.2 Å². The van der Waals surface area contributed by atoms with Crippen LogP contribution in [0.25, 0.3) is 11.1 Å². The summed E-state index contributed by atoms with van der Waals surface area (Å²) in [7, 11) is 0. The standard InChI is InChI=1S/C32H35F3/c1-3-4-6-11-26-16-17-27(19-29(26)33)32-30(34)20-28(21-31(32)35)25-14-12-23(13-15-25)18-22(2)24-9-7-5-8-10-24/h3-5,7-10,16-17,19-23,25H,6,11-15,18H2,1-2H3/t22-,23?,25?/m1/s1. The normalized spacial score (nSPS) is 19.2. The molecule has 0 N–H and O–H groups in total. The van der Waals surface area contributed by atoms with Gasteiger partial charge in [0.25, 0.3) is 0 Å². The van der Waals surface area contributed by atoms with Crippen molar-refractivity contribution in [2.75, 3.05) is 0 Å². The molecule has 0 bridgehead atoms. The van der Waals surface area contributed by atoms with E-state index < -0.39 is 17.5 Å². The van der Waals surface area contributed by atoms with Crippen LogP contribution in [-0.2, 0) is 6.42 Å². The van der Waals surface area contributed by atoms with E-state index in [-0.39, 0.29) is 17.0 Å². The summed E-state index contributed by atoms with van der Waals surface area (Å²) >= 11 is 0. The third-order valence-electron chi connectivity index (χ3n) is 7.60. The molecule has 0 heterocycles. The first kappa shape index (κ1) is 25.3. The first-order chi connectivity index (χ1) is 17.0. The number of hydrogen-bond donors (Lipinski definition) is 0. The zero-order chi connectivity index (χ0) is 24.8. The second-order valence-corrected chi connectivity index (χ2v) is 10.0. The minimum atomic E-state index is -0.610. The molecule has 0 saturated heterocycles. The van der Waals surface area contributed by atoms with Crippen molar-refractivity contribution in [2.45, 2.75) is 70.6 Å². The van der Waals surface area contributed by atoms with Crippen molar-refractivity contribution < 1.29 is 13.2 Å². The Morgan fingerprint density at radius 2 is 1.54 bits per heavy atom. The van der Waals surface area contributed by atoms with E-state index in [9.17, 15) is 4.39 Å². The van der Waals surface area contributed by atoms with Crippen molar-refractivity contribution in [1.29, 1.82) is 0 Å². The Balaban J connectivity index is 1.41. The molecule has 0 amide bonds. The van der Waals surface area contributed by atoms with E-state index in [0.29, 0.717) is 23.8 Å². The molecule has 0 aliphatic heterocycles. The van der Waals surface area contributed by atoms with Gasteiger partial charge in [0.1, 0.15) is 17.5 Å². The van der Waals surface area contributed by atoms with Gasteiger partial charge in [-0.05, 0) is 110 Å². The minimum absolute atomic E-state index is 0.141. The molecule has 0 aromatic heterocycles. The predicted octanol–water partition coefficient (Wildman–Crippen LogP) is 9.75. The monoisotopic (exact) mass is 476 g/mol. The molecule has 1 aliphatic carbocycles. The average molecular weight is 477 g/mol. The lowest BCUT2D eigenvalue weighted by Crippen LogP contribution is -2.15. The van der Waals surface area contributed by atoms with Crippen LogP contribution in [0.4, 0.5) is 13.2 Å². The lowest BCUT2D eigenvalue weighted by Gasteiger charge is -2.30. The molecule has 184 valence electrons. The third kappa shape index (κ3) is 6.25. The van der Waals surface area contributed by atoms with Crippen LogP contribution < -0.4 is 0 Å². The zero-order valence-electron chi connectivity index (χ0n) is 20.7. The smallest absolute Gasteiger partial charge is 0.134 e. The molecule has 0 radical (unpaired) electrons. The van der Waals surface area contributed by atoms with E-state index in [1.165, 1.54) is 23.8 Å². The molecular weight excluding hydrogens is 441 g/mol. The molecule has 35 heavy (non-hydrogen) atoms. The molecule has 1 saturated carbocycles. The van der Waals surface area contributed by atoms with Gasteiger partial charge < -0.3 is 0 Å².